The predicted molar refractivity (Wildman–Crippen MR) is 79.5 cm³/mol. The first kappa shape index (κ1) is 17.1. The Morgan fingerprint density at radius 3 is 2.30 bits per heavy atom. The van der Waals surface area contributed by atoms with Crippen LogP contribution in [0.1, 0.15) is 45.2 Å². The van der Waals surface area contributed by atoms with Crippen LogP contribution in [0.4, 0.5) is 8.78 Å². The standard InChI is InChI=1S/C16H26F2N2/c1-4-12(5-2)11-20(6-3)15(10-19)13-8-7-9-14(17)16(13)18/h7-9,12,15H,4-6,10-11,19H2,1-3H3. The third-order valence-corrected chi connectivity index (χ3v) is 4.06. The molecule has 2 nitrogen and oxygen atoms in total. The van der Waals surface area contributed by atoms with Crippen LogP contribution in [-0.2, 0) is 0 Å². The number of halogens is 2. The summed E-state index contributed by atoms with van der Waals surface area (Å²) in [5.74, 6) is -1.02. The molecule has 0 fully saturated rings. The molecule has 0 heterocycles. The summed E-state index contributed by atoms with van der Waals surface area (Å²) in [6.07, 6.45) is 2.16. The molecule has 1 aromatic carbocycles. The molecule has 114 valence electrons. The lowest BCUT2D eigenvalue weighted by Crippen LogP contribution is -2.37. The number of nitrogens with zero attached hydrogens (tertiary/aromatic N) is 1. The fraction of sp³-hybridized carbons (Fsp3) is 0.625. The fourth-order valence-corrected chi connectivity index (χ4v) is 2.61. The molecule has 0 amide bonds. The molecule has 0 bridgehead atoms. The van der Waals surface area contributed by atoms with Gasteiger partial charge in [0.05, 0.1) is 6.04 Å². The van der Waals surface area contributed by atoms with Crippen molar-refractivity contribution in [2.24, 2.45) is 11.7 Å². The van der Waals surface area contributed by atoms with Crippen LogP contribution in [0.5, 0.6) is 0 Å². The van der Waals surface area contributed by atoms with Gasteiger partial charge in [0.25, 0.3) is 0 Å². The summed E-state index contributed by atoms with van der Waals surface area (Å²) in [7, 11) is 0. The highest BCUT2D eigenvalue weighted by molar-refractivity contribution is 5.23. The number of likely N-dealkylation sites (N-methyl/N-ethyl adjacent to an activating group) is 1. The largest absolute Gasteiger partial charge is 0.329 e. The number of nitrogens with two attached hydrogens (primary N) is 1. The second kappa shape index (κ2) is 8.32. The van der Waals surface area contributed by atoms with Crippen LogP contribution in [0.15, 0.2) is 18.2 Å². The number of hydrogen-bond acceptors (Lipinski definition) is 2. The summed E-state index contributed by atoms with van der Waals surface area (Å²) in [5, 5.41) is 0. The topological polar surface area (TPSA) is 29.3 Å². The van der Waals surface area contributed by atoms with Crippen molar-refractivity contribution in [3.05, 3.63) is 35.4 Å². The van der Waals surface area contributed by atoms with E-state index in [2.05, 4.69) is 18.7 Å². The second-order valence-electron chi connectivity index (χ2n) is 5.16. The van der Waals surface area contributed by atoms with Gasteiger partial charge in [0.15, 0.2) is 11.6 Å². The molecule has 1 aromatic rings. The maximum atomic E-state index is 14.0. The minimum Gasteiger partial charge on any atom is -0.329 e. The van der Waals surface area contributed by atoms with Crippen molar-refractivity contribution in [2.75, 3.05) is 19.6 Å². The molecule has 2 N–H and O–H groups in total. The fourth-order valence-electron chi connectivity index (χ4n) is 2.61. The third kappa shape index (κ3) is 4.00. The predicted octanol–water partition coefficient (Wildman–Crippen LogP) is 3.72. The average molecular weight is 284 g/mol. The van der Waals surface area contributed by atoms with Crippen LogP contribution in [-0.4, -0.2) is 24.5 Å². The minimum absolute atomic E-state index is 0.267. The molecule has 0 saturated carbocycles. The van der Waals surface area contributed by atoms with Gasteiger partial charge in [0, 0.05) is 18.7 Å². The van der Waals surface area contributed by atoms with Gasteiger partial charge in [-0.15, -0.1) is 0 Å². The zero-order chi connectivity index (χ0) is 15.1. The van der Waals surface area contributed by atoms with Gasteiger partial charge in [-0.3, -0.25) is 4.90 Å². The summed E-state index contributed by atoms with van der Waals surface area (Å²) in [5.41, 5.74) is 6.19. The zero-order valence-corrected chi connectivity index (χ0v) is 12.7. The van der Waals surface area contributed by atoms with E-state index in [0.717, 1.165) is 32.0 Å². The number of rotatable bonds is 8. The quantitative estimate of drug-likeness (QED) is 0.788. The van der Waals surface area contributed by atoms with Crippen LogP contribution in [0, 0.1) is 17.6 Å². The van der Waals surface area contributed by atoms with E-state index in [1.165, 1.54) is 0 Å². The molecule has 1 atom stereocenters. The maximum absolute atomic E-state index is 14.0. The molecule has 0 aromatic heterocycles. The first-order valence-corrected chi connectivity index (χ1v) is 7.46. The molecule has 0 aliphatic heterocycles. The van der Waals surface area contributed by atoms with Crippen molar-refractivity contribution in [2.45, 2.75) is 39.7 Å². The highest BCUT2D eigenvalue weighted by Gasteiger charge is 2.24. The Hall–Kier alpha value is -1.00. The van der Waals surface area contributed by atoms with Crippen molar-refractivity contribution in [3.8, 4) is 0 Å². The lowest BCUT2D eigenvalue weighted by atomic mass is 9.99. The average Bonchev–Trinajstić information content (AvgIpc) is 2.47. The van der Waals surface area contributed by atoms with Crippen molar-refractivity contribution in [1.82, 2.24) is 4.90 Å². The molecule has 0 radical (unpaired) electrons. The molecular formula is C16H26F2N2. The Morgan fingerprint density at radius 1 is 1.15 bits per heavy atom. The van der Waals surface area contributed by atoms with Crippen molar-refractivity contribution in [3.63, 3.8) is 0 Å². The summed E-state index contributed by atoms with van der Waals surface area (Å²) in [4.78, 5) is 2.15. The Labute approximate surface area is 121 Å². The van der Waals surface area contributed by atoms with E-state index in [1.54, 1.807) is 12.1 Å². The van der Waals surface area contributed by atoms with Crippen molar-refractivity contribution >= 4 is 0 Å². The Balaban J connectivity index is 2.99. The van der Waals surface area contributed by atoms with E-state index in [0.29, 0.717) is 11.5 Å². The molecule has 1 rings (SSSR count). The first-order chi connectivity index (χ1) is 9.58. The zero-order valence-electron chi connectivity index (χ0n) is 12.7. The van der Waals surface area contributed by atoms with E-state index < -0.39 is 11.6 Å². The van der Waals surface area contributed by atoms with Crippen LogP contribution in [0.25, 0.3) is 0 Å². The van der Waals surface area contributed by atoms with Crippen LogP contribution < -0.4 is 5.73 Å². The highest BCUT2D eigenvalue weighted by Crippen LogP contribution is 2.25. The minimum atomic E-state index is -0.806. The van der Waals surface area contributed by atoms with E-state index in [4.69, 9.17) is 5.73 Å². The van der Waals surface area contributed by atoms with Crippen LogP contribution >= 0.6 is 0 Å². The van der Waals surface area contributed by atoms with Crippen LogP contribution in [0.3, 0.4) is 0 Å². The molecule has 1 unspecified atom stereocenters. The van der Waals surface area contributed by atoms with Crippen molar-refractivity contribution < 1.29 is 8.78 Å². The van der Waals surface area contributed by atoms with E-state index in [9.17, 15) is 8.78 Å². The van der Waals surface area contributed by atoms with Gasteiger partial charge in [-0.1, -0.05) is 45.7 Å². The summed E-state index contributed by atoms with van der Waals surface area (Å²) < 4.78 is 27.4. The summed E-state index contributed by atoms with van der Waals surface area (Å²) >= 11 is 0. The van der Waals surface area contributed by atoms with E-state index in [-0.39, 0.29) is 12.6 Å². The van der Waals surface area contributed by atoms with Gasteiger partial charge in [0.2, 0.25) is 0 Å². The van der Waals surface area contributed by atoms with Crippen LogP contribution in [0.2, 0.25) is 0 Å². The normalized spacial score (nSPS) is 13.2. The van der Waals surface area contributed by atoms with Gasteiger partial charge in [-0.25, -0.2) is 8.78 Å². The molecule has 0 aliphatic rings. The molecule has 0 saturated heterocycles. The van der Waals surface area contributed by atoms with Gasteiger partial charge in [-0.2, -0.15) is 0 Å². The summed E-state index contributed by atoms with van der Waals surface area (Å²) in [6, 6.07) is 4.05. The number of benzene rings is 1. The highest BCUT2D eigenvalue weighted by atomic mass is 19.2. The smallest absolute Gasteiger partial charge is 0.163 e. The van der Waals surface area contributed by atoms with Gasteiger partial charge in [0.1, 0.15) is 0 Å². The molecule has 4 heteroatoms. The molecule has 0 spiro atoms. The Morgan fingerprint density at radius 2 is 1.80 bits per heavy atom. The molecule has 20 heavy (non-hydrogen) atoms. The Bertz CT molecular complexity index is 405. The van der Waals surface area contributed by atoms with E-state index in [1.807, 2.05) is 6.92 Å². The number of hydrogen-bond donors (Lipinski definition) is 1. The van der Waals surface area contributed by atoms with Gasteiger partial charge >= 0.3 is 0 Å². The molecular weight excluding hydrogens is 258 g/mol. The lowest BCUT2D eigenvalue weighted by molar-refractivity contribution is 0.170. The first-order valence-electron chi connectivity index (χ1n) is 7.46. The maximum Gasteiger partial charge on any atom is 0.163 e. The Kier molecular flexibility index (Phi) is 7.10. The second-order valence-corrected chi connectivity index (χ2v) is 5.16. The SMILES string of the molecule is CCC(CC)CN(CC)C(CN)c1cccc(F)c1F. The van der Waals surface area contributed by atoms with Crippen molar-refractivity contribution in [1.29, 1.82) is 0 Å². The van der Waals surface area contributed by atoms with E-state index >= 15 is 0 Å². The third-order valence-electron chi connectivity index (χ3n) is 4.06. The van der Waals surface area contributed by atoms with Gasteiger partial charge < -0.3 is 5.73 Å². The monoisotopic (exact) mass is 284 g/mol. The molecule has 0 aliphatic carbocycles. The summed E-state index contributed by atoms with van der Waals surface area (Å²) in [6.45, 7) is 8.26. The lowest BCUT2D eigenvalue weighted by Gasteiger charge is -2.33. The van der Waals surface area contributed by atoms with Gasteiger partial charge in [-0.05, 0) is 18.5 Å².